The van der Waals surface area contributed by atoms with E-state index in [9.17, 15) is 15.3 Å². The molecular weight excluding hydrogens is 254 g/mol. The van der Waals surface area contributed by atoms with Crippen LogP contribution in [0.5, 0.6) is 17.2 Å². The van der Waals surface area contributed by atoms with Crippen molar-refractivity contribution in [1.82, 2.24) is 5.32 Å². The maximum atomic E-state index is 9.71. The Morgan fingerprint density at radius 2 is 1.95 bits per heavy atom. The summed E-state index contributed by atoms with van der Waals surface area (Å²) in [7, 11) is 0. The highest BCUT2D eigenvalue weighted by Crippen LogP contribution is 2.37. The maximum Gasteiger partial charge on any atom is 0.200 e. The number of nitrogens with one attached hydrogen (secondary N) is 1. The third-order valence-corrected chi connectivity index (χ3v) is 4.30. The lowest BCUT2D eigenvalue weighted by Gasteiger charge is -2.26. The van der Waals surface area contributed by atoms with Crippen LogP contribution < -0.4 is 5.32 Å². The number of phenols is 3. The van der Waals surface area contributed by atoms with E-state index in [1.807, 2.05) is 0 Å². The number of phenolic OH excluding ortho intramolecular Hbond substituents is 3. The molecular formula is C16H25NO3. The van der Waals surface area contributed by atoms with Crippen LogP contribution in [0.3, 0.4) is 0 Å². The Kier molecular flexibility index (Phi) is 5.12. The van der Waals surface area contributed by atoms with Crippen LogP contribution in [0.15, 0.2) is 12.1 Å². The van der Waals surface area contributed by atoms with E-state index in [0.717, 1.165) is 24.8 Å². The van der Waals surface area contributed by atoms with Crippen molar-refractivity contribution in [3.63, 3.8) is 0 Å². The molecule has 4 nitrogen and oxygen atoms in total. The first-order valence-electron chi connectivity index (χ1n) is 7.51. The lowest BCUT2D eigenvalue weighted by atomic mass is 9.81. The molecule has 1 aliphatic rings. The van der Waals surface area contributed by atoms with Crippen molar-refractivity contribution in [2.75, 3.05) is 6.54 Å². The molecule has 1 saturated carbocycles. The summed E-state index contributed by atoms with van der Waals surface area (Å²) in [6.45, 7) is 3.75. The number of hydrogen-bond acceptors (Lipinski definition) is 4. The van der Waals surface area contributed by atoms with Gasteiger partial charge in [0.25, 0.3) is 0 Å². The fraction of sp³-hybridized carbons (Fsp3) is 0.625. The van der Waals surface area contributed by atoms with Gasteiger partial charge in [0, 0.05) is 12.1 Å². The monoisotopic (exact) mass is 279 g/mol. The second-order valence-electron chi connectivity index (χ2n) is 6.04. The molecule has 0 spiro atoms. The fourth-order valence-corrected chi connectivity index (χ4v) is 3.10. The second-order valence-corrected chi connectivity index (χ2v) is 6.04. The standard InChI is InChI=1S/C16H25NO3/c1-11-3-2-4-12(9-11)7-8-17-10-13-5-6-14(18)16(20)15(13)19/h5-6,11-12,17-20H,2-4,7-10H2,1H3. The second kappa shape index (κ2) is 6.84. The normalized spacial score (nSPS) is 22.9. The fourth-order valence-electron chi connectivity index (χ4n) is 3.10. The van der Waals surface area contributed by atoms with E-state index < -0.39 is 5.75 Å². The molecule has 2 unspecified atom stereocenters. The lowest BCUT2D eigenvalue weighted by molar-refractivity contribution is 0.267. The minimum absolute atomic E-state index is 0.233. The van der Waals surface area contributed by atoms with E-state index in [0.29, 0.717) is 12.1 Å². The summed E-state index contributed by atoms with van der Waals surface area (Å²) >= 11 is 0. The van der Waals surface area contributed by atoms with Gasteiger partial charge in [0.15, 0.2) is 11.5 Å². The zero-order valence-electron chi connectivity index (χ0n) is 12.1. The third kappa shape index (κ3) is 3.79. The van der Waals surface area contributed by atoms with Crippen molar-refractivity contribution in [2.24, 2.45) is 11.8 Å². The first kappa shape index (κ1) is 15.0. The summed E-state index contributed by atoms with van der Waals surface area (Å²) in [6, 6.07) is 3.02. The highest BCUT2D eigenvalue weighted by atomic mass is 16.3. The van der Waals surface area contributed by atoms with Crippen LogP contribution in [0.1, 0.15) is 44.6 Å². The molecule has 20 heavy (non-hydrogen) atoms. The van der Waals surface area contributed by atoms with Crippen molar-refractivity contribution in [3.05, 3.63) is 17.7 Å². The number of hydrogen-bond donors (Lipinski definition) is 4. The van der Waals surface area contributed by atoms with Gasteiger partial charge in [-0.15, -0.1) is 0 Å². The SMILES string of the molecule is CC1CCCC(CCNCc2ccc(O)c(O)c2O)C1. The number of benzene rings is 1. The summed E-state index contributed by atoms with van der Waals surface area (Å²) in [4.78, 5) is 0. The van der Waals surface area contributed by atoms with Crippen LogP contribution in [-0.2, 0) is 6.54 Å². The van der Waals surface area contributed by atoms with Gasteiger partial charge in [0.05, 0.1) is 0 Å². The molecule has 1 aromatic carbocycles. The quantitative estimate of drug-likeness (QED) is 0.493. The average molecular weight is 279 g/mol. The van der Waals surface area contributed by atoms with E-state index in [1.165, 1.54) is 31.7 Å². The van der Waals surface area contributed by atoms with Crippen LogP contribution in [0.4, 0.5) is 0 Å². The Bertz CT molecular complexity index is 448. The minimum Gasteiger partial charge on any atom is -0.504 e. The molecule has 4 N–H and O–H groups in total. The molecule has 2 rings (SSSR count). The van der Waals surface area contributed by atoms with Crippen LogP contribution in [0.2, 0.25) is 0 Å². The third-order valence-electron chi connectivity index (χ3n) is 4.30. The summed E-state index contributed by atoms with van der Waals surface area (Å²) in [5.41, 5.74) is 0.609. The molecule has 4 heteroatoms. The van der Waals surface area contributed by atoms with Crippen LogP contribution in [0.25, 0.3) is 0 Å². The zero-order valence-corrected chi connectivity index (χ0v) is 12.1. The van der Waals surface area contributed by atoms with Gasteiger partial charge >= 0.3 is 0 Å². The molecule has 0 heterocycles. The van der Waals surface area contributed by atoms with Gasteiger partial charge in [-0.25, -0.2) is 0 Å². The number of aromatic hydroxyl groups is 3. The van der Waals surface area contributed by atoms with Crippen LogP contribution >= 0.6 is 0 Å². The van der Waals surface area contributed by atoms with Gasteiger partial charge in [0.1, 0.15) is 0 Å². The van der Waals surface area contributed by atoms with Crippen LogP contribution in [-0.4, -0.2) is 21.9 Å². The van der Waals surface area contributed by atoms with Gasteiger partial charge in [-0.2, -0.15) is 0 Å². The van der Waals surface area contributed by atoms with Crippen LogP contribution in [0, 0.1) is 11.8 Å². The van der Waals surface area contributed by atoms with E-state index >= 15 is 0 Å². The van der Waals surface area contributed by atoms with Gasteiger partial charge in [-0.05, 0) is 37.3 Å². The lowest BCUT2D eigenvalue weighted by Crippen LogP contribution is -2.21. The molecule has 0 amide bonds. The highest BCUT2D eigenvalue weighted by molar-refractivity contribution is 5.52. The highest BCUT2D eigenvalue weighted by Gasteiger charge is 2.18. The molecule has 1 fully saturated rings. The largest absolute Gasteiger partial charge is 0.504 e. The van der Waals surface area contributed by atoms with Gasteiger partial charge in [-0.1, -0.05) is 32.3 Å². The van der Waals surface area contributed by atoms with Gasteiger partial charge < -0.3 is 20.6 Å². The topological polar surface area (TPSA) is 72.7 Å². The summed E-state index contributed by atoms with van der Waals surface area (Å²) in [5.74, 6) is 0.705. The smallest absolute Gasteiger partial charge is 0.200 e. The molecule has 0 aromatic heterocycles. The first-order chi connectivity index (χ1) is 9.58. The Labute approximate surface area is 120 Å². The summed E-state index contributed by atoms with van der Waals surface area (Å²) in [6.07, 6.45) is 6.53. The molecule has 1 aromatic rings. The predicted molar refractivity (Wildman–Crippen MR) is 78.9 cm³/mol. The molecule has 2 atom stereocenters. The minimum atomic E-state index is -0.439. The van der Waals surface area contributed by atoms with E-state index in [2.05, 4.69) is 12.2 Å². The Morgan fingerprint density at radius 3 is 2.70 bits per heavy atom. The van der Waals surface area contributed by atoms with Crippen molar-refractivity contribution in [2.45, 2.75) is 45.6 Å². The molecule has 112 valence electrons. The number of rotatable bonds is 5. The van der Waals surface area contributed by atoms with E-state index in [1.54, 1.807) is 6.07 Å². The Hall–Kier alpha value is -1.42. The molecule has 1 aliphatic carbocycles. The van der Waals surface area contributed by atoms with Gasteiger partial charge in [-0.3, -0.25) is 0 Å². The summed E-state index contributed by atoms with van der Waals surface area (Å²) in [5, 5.41) is 31.7. The molecule has 0 radical (unpaired) electrons. The van der Waals surface area contributed by atoms with E-state index in [-0.39, 0.29) is 11.5 Å². The Balaban J connectivity index is 1.75. The van der Waals surface area contributed by atoms with Gasteiger partial charge in [0.2, 0.25) is 5.75 Å². The zero-order chi connectivity index (χ0) is 14.5. The summed E-state index contributed by atoms with van der Waals surface area (Å²) < 4.78 is 0. The average Bonchev–Trinajstić information content (AvgIpc) is 2.43. The van der Waals surface area contributed by atoms with Crippen molar-refractivity contribution < 1.29 is 15.3 Å². The molecule has 0 bridgehead atoms. The molecule has 0 saturated heterocycles. The maximum absolute atomic E-state index is 9.71. The van der Waals surface area contributed by atoms with Crippen molar-refractivity contribution >= 4 is 0 Å². The van der Waals surface area contributed by atoms with Crippen molar-refractivity contribution in [3.8, 4) is 17.2 Å². The van der Waals surface area contributed by atoms with Crippen molar-refractivity contribution in [1.29, 1.82) is 0 Å². The first-order valence-corrected chi connectivity index (χ1v) is 7.51. The predicted octanol–water partition coefficient (Wildman–Crippen LogP) is 3.11. The Morgan fingerprint density at radius 1 is 1.15 bits per heavy atom. The van der Waals surface area contributed by atoms with E-state index in [4.69, 9.17) is 0 Å². The molecule has 0 aliphatic heterocycles.